The van der Waals surface area contributed by atoms with E-state index in [0.29, 0.717) is 11.4 Å². The number of likely N-dealkylation sites (N-methyl/N-ethyl adjacent to an activating group) is 2. The molecule has 1 amide bonds. The number of carbonyl (C=O) groups is 1. The number of anilines is 2. The van der Waals surface area contributed by atoms with Crippen molar-refractivity contribution < 1.29 is 4.79 Å². The zero-order valence-corrected chi connectivity index (χ0v) is 20.4. The molecule has 34 heavy (non-hydrogen) atoms. The first-order chi connectivity index (χ1) is 16.4. The van der Waals surface area contributed by atoms with Gasteiger partial charge in [-0.3, -0.25) is 4.79 Å². The average molecular weight is 474 g/mol. The summed E-state index contributed by atoms with van der Waals surface area (Å²) >= 11 is 6.38. The highest BCUT2D eigenvalue weighted by Gasteiger charge is 2.31. The molecule has 0 aliphatic carbocycles. The van der Waals surface area contributed by atoms with Crippen LogP contribution in [0.15, 0.2) is 66.7 Å². The van der Waals surface area contributed by atoms with Crippen LogP contribution in [0.5, 0.6) is 0 Å². The number of benzene rings is 3. The molecule has 0 fully saturated rings. The Balaban J connectivity index is 1.66. The van der Waals surface area contributed by atoms with Crippen LogP contribution in [0.3, 0.4) is 0 Å². The first-order valence-electron chi connectivity index (χ1n) is 11.4. The predicted octanol–water partition coefficient (Wildman–Crippen LogP) is 5.09. The third-order valence-electron chi connectivity index (χ3n) is 6.36. The molecule has 0 bridgehead atoms. The van der Waals surface area contributed by atoms with Gasteiger partial charge in [-0.05, 0) is 56.1 Å². The summed E-state index contributed by atoms with van der Waals surface area (Å²) in [6.45, 7) is 1.83. The number of hydrogen-bond donors (Lipinski definition) is 1. The number of imidazole rings is 1. The molecule has 0 saturated carbocycles. The highest BCUT2D eigenvalue weighted by Crippen LogP contribution is 2.39. The summed E-state index contributed by atoms with van der Waals surface area (Å²) in [5.74, 6) is 0.714. The molecule has 1 N–H and O–H groups in total. The van der Waals surface area contributed by atoms with Crippen molar-refractivity contribution in [2.24, 2.45) is 0 Å². The SMILES string of the molecule is CN(C)CCN(C)c1ccc2c(c1)-c1nc3ccc(Cl)cc3n1[C@H](Cc1ccccc1)C(=O)N2. The molecule has 5 rings (SSSR count). The Morgan fingerprint density at radius 2 is 1.79 bits per heavy atom. The Kier molecular flexibility index (Phi) is 6.02. The fraction of sp³-hybridized carbons (Fsp3) is 0.259. The van der Waals surface area contributed by atoms with Crippen molar-refractivity contribution in [3.63, 3.8) is 0 Å². The molecule has 0 spiro atoms. The van der Waals surface area contributed by atoms with Gasteiger partial charge in [-0.2, -0.15) is 0 Å². The van der Waals surface area contributed by atoms with Crippen molar-refractivity contribution in [2.45, 2.75) is 12.5 Å². The predicted molar refractivity (Wildman–Crippen MR) is 140 cm³/mol. The molecular weight excluding hydrogens is 446 g/mol. The molecule has 2 heterocycles. The molecule has 0 radical (unpaired) electrons. The van der Waals surface area contributed by atoms with E-state index in [1.54, 1.807) is 0 Å². The number of nitrogens with zero attached hydrogens (tertiary/aromatic N) is 4. The van der Waals surface area contributed by atoms with Gasteiger partial charge in [0.05, 0.1) is 16.7 Å². The van der Waals surface area contributed by atoms with Gasteiger partial charge in [0.2, 0.25) is 5.91 Å². The van der Waals surface area contributed by atoms with E-state index in [2.05, 4.69) is 65.1 Å². The number of nitrogens with one attached hydrogen (secondary N) is 1. The van der Waals surface area contributed by atoms with E-state index in [9.17, 15) is 4.79 Å². The first-order valence-corrected chi connectivity index (χ1v) is 11.8. The minimum atomic E-state index is -0.455. The molecule has 1 aliphatic rings. The van der Waals surface area contributed by atoms with E-state index in [4.69, 9.17) is 16.6 Å². The van der Waals surface area contributed by atoms with Crippen LogP contribution in [0.25, 0.3) is 22.4 Å². The number of amides is 1. The number of carbonyl (C=O) groups excluding carboxylic acids is 1. The maximum atomic E-state index is 13.6. The highest BCUT2D eigenvalue weighted by atomic mass is 35.5. The molecule has 1 aromatic heterocycles. The second-order valence-electron chi connectivity index (χ2n) is 9.09. The smallest absolute Gasteiger partial charge is 0.247 e. The van der Waals surface area contributed by atoms with E-state index in [1.807, 2.05) is 42.5 Å². The van der Waals surface area contributed by atoms with Crippen molar-refractivity contribution >= 4 is 39.9 Å². The maximum absolute atomic E-state index is 13.6. The summed E-state index contributed by atoms with van der Waals surface area (Å²) in [5, 5.41) is 3.78. The fourth-order valence-electron chi connectivity index (χ4n) is 4.47. The lowest BCUT2D eigenvalue weighted by Gasteiger charge is -2.22. The van der Waals surface area contributed by atoms with Gasteiger partial charge in [0, 0.05) is 42.8 Å². The minimum absolute atomic E-state index is 0.0585. The van der Waals surface area contributed by atoms with Crippen molar-refractivity contribution in [1.29, 1.82) is 0 Å². The zero-order chi connectivity index (χ0) is 23.8. The van der Waals surface area contributed by atoms with Crippen LogP contribution >= 0.6 is 11.6 Å². The first kappa shape index (κ1) is 22.4. The van der Waals surface area contributed by atoms with Crippen LogP contribution in [0.2, 0.25) is 5.02 Å². The summed E-state index contributed by atoms with van der Waals surface area (Å²) in [7, 11) is 6.23. The molecular formula is C27H28ClN5O. The molecule has 0 unspecified atom stereocenters. The van der Waals surface area contributed by atoms with Crippen molar-refractivity contribution in [1.82, 2.24) is 14.5 Å². The van der Waals surface area contributed by atoms with Gasteiger partial charge in [-0.25, -0.2) is 4.98 Å². The van der Waals surface area contributed by atoms with E-state index in [1.165, 1.54) is 0 Å². The second kappa shape index (κ2) is 9.12. The largest absolute Gasteiger partial charge is 0.373 e. The zero-order valence-electron chi connectivity index (χ0n) is 19.6. The standard InChI is InChI=1S/C27H28ClN5O/c1-31(2)13-14-32(3)20-10-12-22-21(17-20)26-29-23-11-9-19(28)16-24(23)33(26)25(27(34)30-22)15-18-7-5-4-6-8-18/h4-12,16-17,25H,13-15H2,1-3H3,(H,30,34)/t25-/m1/s1. The lowest BCUT2D eigenvalue weighted by atomic mass is 10.0. The Labute approximate surface area is 204 Å². The lowest BCUT2D eigenvalue weighted by molar-refractivity contribution is -0.119. The number of aromatic nitrogens is 2. The summed E-state index contributed by atoms with van der Waals surface area (Å²) in [6, 6.07) is 21.4. The van der Waals surface area contributed by atoms with Gasteiger partial charge in [0.25, 0.3) is 0 Å². The van der Waals surface area contributed by atoms with E-state index < -0.39 is 6.04 Å². The van der Waals surface area contributed by atoms with Gasteiger partial charge in [0.15, 0.2) is 0 Å². The number of fused-ring (bicyclic) bond motifs is 5. The second-order valence-corrected chi connectivity index (χ2v) is 9.52. The summed E-state index contributed by atoms with van der Waals surface area (Å²) in [5.41, 5.74) is 5.53. The maximum Gasteiger partial charge on any atom is 0.247 e. The fourth-order valence-corrected chi connectivity index (χ4v) is 4.64. The normalized spacial score (nSPS) is 15.1. The molecule has 1 atom stereocenters. The van der Waals surface area contributed by atoms with Crippen molar-refractivity contribution in [2.75, 3.05) is 44.4 Å². The van der Waals surface area contributed by atoms with Crippen LogP contribution in [-0.4, -0.2) is 54.6 Å². The van der Waals surface area contributed by atoms with Crippen LogP contribution in [0.4, 0.5) is 11.4 Å². The summed E-state index contributed by atoms with van der Waals surface area (Å²) in [4.78, 5) is 22.9. The van der Waals surface area contributed by atoms with Crippen LogP contribution in [-0.2, 0) is 11.2 Å². The Bertz CT molecular complexity index is 1350. The molecule has 174 valence electrons. The molecule has 0 saturated heterocycles. The molecule has 6 nitrogen and oxygen atoms in total. The molecule has 1 aliphatic heterocycles. The quantitative estimate of drug-likeness (QED) is 0.424. The van der Waals surface area contributed by atoms with Crippen molar-refractivity contribution in [3.05, 3.63) is 77.3 Å². The van der Waals surface area contributed by atoms with E-state index in [0.717, 1.165) is 52.4 Å². The molecule has 3 aromatic carbocycles. The van der Waals surface area contributed by atoms with Gasteiger partial charge < -0.3 is 19.7 Å². The van der Waals surface area contributed by atoms with E-state index in [-0.39, 0.29) is 5.91 Å². The third kappa shape index (κ3) is 4.27. The lowest BCUT2D eigenvalue weighted by Crippen LogP contribution is -2.28. The van der Waals surface area contributed by atoms with Crippen LogP contribution < -0.4 is 10.2 Å². The Hall–Kier alpha value is -3.35. The highest BCUT2D eigenvalue weighted by molar-refractivity contribution is 6.31. The number of hydrogen-bond acceptors (Lipinski definition) is 4. The average Bonchev–Trinajstić information content (AvgIpc) is 3.14. The minimum Gasteiger partial charge on any atom is -0.373 e. The van der Waals surface area contributed by atoms with Crippen molar-refractivity contribution in [3.8, 4) is 11.4 Å². The molecule has 4 aromatic rings. The van der Waals surface area contributed by atoms with Gasteiger partial charge in [-0.15, -0.1) is 0 Å². The Morgan fingerprint density at radius 1 is 1.00 bits per heavy atom. The monoisotopic (exact) mass is 473 g/mol. The third-order valence-corrected chi connectivity index (χ3v) is 6.60. The summed E-state index contributed by atoms with van der Waals surface area (Å²) in [6.07, 6.45) is 0.557. The van der Waals surface area contributed by atoms with Gasteiger partial charge in [0.1, 0.15) is 11.9 Å². The van der Waals surface area contributed by atoms with Crippen LogP contribution in [0.1, 0.15) is 11.6 Å². The Morgan fingerprint density at radius 3 is 2.56 bits per heavy atom. The topological polar surface area (TPSA) is 53.4 Å². The van der Waals surface area contributed by atoms with E-state index >= 15 is 0 Å². The number of halogens is 1. The van der Waals surface area contributed by atoms with Gasteiger partial charge >= 0.3 is 0 Å². The van der Waals surface area contributed by atoms with Crippen LogP contribution in [0, 0.1) is 0 Å². The number of rotatable bonds is 6. The molecule has 7 heteroatoms. The summed E-state index contributed by atoms with van der Waals surface area (Å²) < 4.78 is 2.05. The van der Waals surface area contributed by atoms with Gasteiger partial charge in [-0.1, -0.05) is 41.9 Å².